The van der Waals surface area contributed by atoms with E-state index in [4.69, 9.17) is 9.47 Å². The smallest absolute Gasteiger partial charge is 0.312 e. The lowest BCUT2D eigenvalue weighted by molar-refractivity contribution is -0.160. The molecule has 0 aromatic heterocycles. The fourth-order valence-electron chi connectivity index (χ4n) is 7.52. The first kappa shape index (κ1) is 19.1. The molecule has 2 saturated carbocycles. The highest BCUT2D eigenvalue weighted by Gasteiger charge is 2.67. The number of hydrogen-bond acceptors (Lipinski definition) is 5. The van der Waals surface area contributed by atoms with E-state index in [0.717, 1.165) is 31.3 Å². The number of ketones is 1. The van der Waals surface area contributed by atoms with E-state index in [0.29, 0.717) is 19.3 Å². The Kier molecular flexibility index (Phi) is 3.98. The highest BCUT2D eigenvalue weighted by atomic mass is 16.6. The van der Waals surface area contributed by atoms with Crippen LogP contribution in [0.25, 0.3) is 0 Å². The van der Waals surface area contributed by atoms with Gasteiger partial charge in [0.05, 0.1) is 13.0 Å². The molecule has 3 unspecified atom stereocenters. The molecule has 0 N–H and O–H groups in total. The lowest BCUT2D eigenvalue weighted by atomic mass is 9.47. The normalized spacial score (nSPS) is 47.9. The van der Waals surface area contributed by atoms with Crippen LogP contribution < -0.4 is 0 Å². The van der Waals surface area contributed by atoms with E-state index in [9.17, 15) is 14.4 Å². The quantitative estimate of drug-likeness (QED) is 0.497. The van der Waals surface area contributed by atoms with E-state index in [1.807, 2.05) is 0 Å². The van der Waals surface area contributed by atoms with Gasteiger partial charge >= 0.3 is 11.9 Å². The second kappa shape index (κ2) is 6.05. The summed E-state index contributed by atoms with van der Waals surface area (Å²) in [7, 11) is 1.45. The molecule has 0 aromatic rings. The highest BCUT2D eigenvalue weighted by Crippen LogP contribution is 2.67. The average molecular weight is 398 g/mol. The van der Waals surface area contributed by atoms with Crippen molar-refractivity contribution in [1.82, 2.24) is 0 Å². The summed E-state index contributed by atoms with van der Waals surface area (Å²) in [4.78, 5) is 37.1. The van der Waals surface area contributed by atoms with Crippen LogP contribution in [0.4, 0.5) is 0 Å². The van der Waals surface area contributed by atoms with Crippen LogP contribution in [0.5, 0.6) is 0 Å². The summed E-state index contributed by atoms with van der Waals surface area (Å²) in [6, 6.07) is 0. The zero-order valence-corrected chi connectivity index (χ0v) is 17.5. The Hall–Kier alpha value is -1.91. The predicted molar refractivity (Wildman–Crippen MR) is 106 cm³/mol. The first-order valence-corrected chi connectivity index (χ1v) is 11.0. The third kappa shape index (κ3) is 2.36. The SMILES string of the molecule is COC(=O)[C@@H]1C=C2CC(=O)CC[C@]2(C)C2C=C[C@@]3(C)C(CC[C@@]34CCC(=O)O4)C21. The summed E-state index contributed by atoms with van der Waals surface area (Å²) < 4.78 is 11.2. The molecule has 5 nitrogen and oxygen atoms in total. The van der Waals surface area contributed by atoms with E-state index >= 15 is 0 Å². The standard InChI is InChI=1S/C24H30O5/c1-22-8-4-15(25)12-14(22)13-16(21(27)28-3)20-17(22)5-9-23(2)18(20)6-10-24(23)11-7-19(26)29-24/h5,9,13,16-18,20H,4,6-8,10-12H2,1-3H3/t16-,17?,18?,20?,22+,23+,24-/m1/s1. The molecule has 5 rings (SSSR count). The van der Waals surface area contributed by atoms with Crippen LogP contribution in [0.1, 0.15) is 58.8 Å². The lowest BCUT2D eigenvalue weighted by Crippen LogP contribution is -2.55. The molecule has 7 atom stereocenters. The molecular formula is C24H30O5. The molecule has 29 heavy (non-hydrogen) atoms. The van der Waals surface area contributed by atoms with Gasteiger partial charge in [-0.2, -0.15) is 0 Å². The van der Waals surface area contributed by atoms with Crippen LogP contribution >= 0.6 is 0 Å². The van der Waals surface area contributed by atoms with Crippen molar-refractivity contribution in [2.45, 2.75) is 64.4 Å². The number of Topliss-reactive ketones (excluding diaryl/α,β-unsaturated/α-hetero) is 1. The van der Waals surface area contributed by atoms with Gasteiger partial charge in [0.15, 0.2) is 0 Å². The molecule has 0 amide bonds. The topological polar surface area (TPSA) is 69.7 Å². The Morgan fingerprint density at radius 3 is 2.66 bits per heavy atom. The minimum atomic E-state index is -0.440. The molecule has 4 aliphatic carbocycles. The third-order valence-corrected chi connectivity index (χ3v) is 9.23. The monoisotopic (exact) mass is 398 g/mol. The Bertz CT molecular complexity index is 855. The number of carbonyl (C=O) groups excluding carboxylic acids is 3. The van der Waals surface area contributed by atoms with Gasteiger partial charge in [0, 0.05) is 24.7 Å². The number of carbonyl (C=O) groups is 3. The van der Waals surface area contributed by atoms with Gasteiger partial charge in [-0.05, 0) is 48.9 Å². The van der Waals surface area contributed by atoms with Crippen LogP contribution in [0.2, 0.25) is 0 Å². The molecule has 1 spiro atoms. The van der Waals surface area contributed by atoms with Crippen molar-refractivity contribution in [2.75, 3.05) is 7.11 Å². The van der Waals surface area contributed by atoms with Crippen molar-refractivity contribution in [3.63, 3.8) is 0 Å². The van der Waals surface area contributed by atoms with Gasteiger partial charge in [-0.1, -0.05) is 37.6 Å². The summed E-state index contributed by atoms with van der Waals surface area (Å²) in [6.45, 7) is 4.49. The van der Waals surface area contributed by atoms with Crippen molar-refractivity contribution < 1.29 is 23.9 Å². The van der Waals surface area contributed by atoms with E-state index in [2.05, 4.69) is 32.1 Å². The number of esters is 2. The van der Waals surface area contributed by atoms with Gasteiger partial charge in [-0.3, -0.25) is 14.4 Å². The van der Waals surface area contributed by atoms with E-state index in [-0.39, 0.29) is 52.2 Å². The summed E-state index contributed by atoms with van der Waals surface area (Å²) in [5, 5.41) is 0. The van der Waals surface area contributed by atoms with Crippen LogP contribution in [-0.4, -0.2) is 30.4 Å². The van der Waals surface area contributed by atoms with Gasteiger partial charge in [0.25, 0.3) is 0 Å². The van der Waals surface area contributed by atoms with Crippen molar-refractivity contribution in [2.24, 2.45) is 34.5 Å². The summed E-state index contributed by atoms with van der Waals surface area (Å²) >= 11 is 0. The molecule has 5 aliphatic rings. The fourth-order valence-corrected chi connectivity index (χ4v) is 7.52. The molecule has 1 saturated heterocycles. The van der Waals surface area contributed by atoms with Gasteiger partial charge < -0.3 is 9.47 Å². The van der Waals surface area contributed by atoms with Crippen LogP contribution in [0, 0.1) is 34.5 Å². The minimum Gasteiger partial charge on any atom is -0.469 e. The first-order chi connectivity index (χ1) is 13.7. The Morgan fingerprint density at radius 2 is 1.97 bits per heavy atom. The Balaban J connectivity index is 1.62. The fraction of sp³-hybridized carbons (Fsp3) is 0.708. The van der Waals surface area contributed by atoms with Gasteiger partial charge in [0.2, 0.25) is 0 Å². The first-order valence-electron chi connectivity index (χ1n) is 11.0. The lowest BCUT2D eigenvalue weighted by Gasteiger charge is -2.57. The van der Waals surface area contributed by atoms with Crippen LogP contribution in [0.15, 0.2) is 23.8 Å². The predicted octanol–water partition coefficient (Wildman–Crippen LogP) is 3.77. The van der Waals surface area contributed by atoms with Crippen LogP contribution in [0.3, 0.4) is 0 Å². The molecule has 1 heterocycles. The maximum Gasteiger partial charge on any atom is 0.312 e. The summed E-state index contributed by atoms with van der Waals surface area (Å²) in [6.07, 6.45) is 11.6. The number of methoxy groups -OCH3 is 1. The molecule has 156 valence electrons. The number of rotatable bonds is 1. The van der Waals surface area contributed by atoms with Crippen molar-refractivity contribution in [1.29, 1.82) is 0 Å². The molecule has 1 aliphatic heterocycles. The Labute approximate surface area is 171 Å². The molecule has 0 bridgehead atoms. The maximum atomic E-state index is 12.9. The summed E-state index contributed by atoms with van der Waals surface area (Å²) in [5.74, 6) is 0.159. The number of ether oxygens (including phenoxy) is 2. The Morgan fingerprint density at radius 1 is 1.17 bits per heavy atom. The molecule has 0 radical (unpaired) electrons. The zero-order valence-electron chi connectivity index (χ0n) is 17.5. The van der Waals surface area contributed by atoms with Crippen molar-refractivity contribution >= 4 is 17.7 Å². The van der Waals surface area contributed by atoms with Gasteiger partial charge in [0.1, 0.15) is 11.4 Å². The number of fused-ring (bicyclic) bond motifs is 6. The maximum absolute atomic E-state index is 12.9. The van der Waals surface area contributed by atoms with E-state index < -0.39 is 5.60 Å². The second-order valence-corrected chi connectivity index (χ2v) is 10.2. The summed E-state index contributed by atoms with van der Waals surface area (Å²) in [5.41, 5.74) is 0.310. The third-order valence-electron chi connectivity index (χ3n) is 9.23. The van der Waals surface area contributed by atoms with E-state index in [1.54, 1.807) is 0 Å². The van der Waals surface area contributed by atoms with Crippen molar-refractivity contribution in [3.8, 4) is 0 Å². The van der Waals surface area contributed by atoms with Crippen molar-refractivity contribution in [3.05, 3.63) is 23.8 Å². The zero-order chi connectivity index (χ0) is 20.6. The number of allylic oxidation sites excluding steroid dienone is 2. The molecule has 3 fully saturated rings. The van der Waals surface area contributed by atoms with E-state index in [1.165, 1.54) is 7.11 Å². The van der Waals surface area contributed by atoms with Gasteiger partial charge in [-0.15, -0.1) is 0 Å². The molecule has 5 heteroatoms. The highest BCUT2D eigenvalue weighted by molar-refractivity contribution is 5.84. The minimum absolute atomic E-state index is 0.0942. The van der Waals surface area contributed by atoms with Gasteiger partial charge in [-0.25, -0.2) is 0 Å². The van der Waals surface area contributed by atoms with Crippen LogP contribution in [-0.2, 0) is 23.9 Å². The largest absolute Gasteiger partial charge is 0.469 e. The molecular weight excluding hydrogens is 368 g/mol. The number of hydrogen-bond donors (Lipinski definition) is 0. The average Bonchev–Trinajstić information content (AvgIpc) is 3.22. The second-order valence-electron chi connectivity index (χ2n) is 10.2. The molecule has 0 aromatic carbocycles.